The van der Waals surface area contributed by atoms with Gasteiger partial charge in [-0.05, 0) is 12.1 Å². The van der Waals surface area contributed by atoms with E-state index >= 15 is 0 Å². The molecule has 0 heterocycles. The molecule has 0 aliphatic carbocycles. The van der Waals surface area contributed by atoms with Gasteiger partial charge in [-0.1, -0.05) is 18.2 Å². The van der Waals surface area contributed by atoms with Crippen LogP contribution in [0.5, 0.6) is 0 Å². The van der Waals surface area contributed by atoms with Crippen molar-refractivity contribution in [3.8, 4) is 0 Å². The summed E-state index contributed by atoms with van der Waals surface area (Å²) in [5.41, 5.74) is 0. The Labute approximate surface area is 115 Å². The Morgan fingerprint density at radius 3 is 1.31 bits per heavy atom. The van der Waals surface area contributed by atoms with E-state index in [0.29, 0.717) is 0 Å². The van der Waals surface area contributed by atoms with Crippen LogP contribution in [0.4, 0.5) is 0 Å². The molecule has 0 aliphatic heterocycles. The van der Waals surface area contributed by atoms with Gasteiger partial charge in [0.1, 0.15) is 0 Å². The Morgan fingerprint density at radius 2 is 1.12 bits per heavy atom. The molecule has 0 aliphatic rings. The van der Waals surface area contributed by atoms with Gasteiger partial charge in [0.2, 0.25) is 0 Å². The fourth-order valence-electron chi connectivity index (χ4n) is 0.592. The molecule has 0 atom stereocenters. The van der Waals surface area contributed by atoms with E-state index in [2.05, 4.69) is 0 Å². The van der Waals surface area contributed by atoms with Crippen molar-refractivity contribution < 1.29 is 30.5 Å². The fraction of sp³-hybridized carbons (Fsp3) is 0. The molecule has 0 fully saturated rings. The molecule has 1 aromatic carbocycles. The van der Waals surface area contributed by atoms with Crippen LogP contribution in [0.25, 0.3) is 0 Å². The van der Waals surface area contributed by atoms with Gasteiger partial charge in [0.15, 0.2) is 0 Å². The quantitative estimate of drug-likeness (QED) is 0.473. The average Bonchev–Trinajstić information content (AvgIpc) is 2.01. The normalized spacial score (nSPS) is 10.7. The predicted molar refractivity (Wildman–Crippen MR) is 57.6 cm³/mol. The van der Waals surface area contributed by atoms with Gasteiger partial charge in [0.25, 0.3) is 10.1 Å². The van der Waals surface area contributed by atoms with Gasteiger partial charge < -0.3 is 0 Å². The van der Waals surface area contributed by atoms with Crippen LogP contribution in [0.2, 0.25) is 0 Å². The van der Waals surface area contributed by atoms with Gasteiger partial charge in [0, 0.05) is 0 Å². The second-order valence-corrected chi connectivity index (χ2v) is 4.55. The minimum absolute atomic E-state index is 0. The molecular formula is C6H9NaO7S2. The van der Waals surface area contributed by atoms with Gasteiger partial charge in [-0.15, -0.1) is 0 Å². The molecule has 0 spiro atoms. The third-order valence-electron chi connectivity index (χ3n) is 1.04. The summed E-state index contributed by atoms with van der Waals surface area (Å²) in [6.45, 7) is 0. The molecule has 16 heavy (non-hydrogen) atoms. The van der Waals surface area contributed by atoms with Crippen LogP contribution in [0.15, 0.2) is 35.2 Å². The van der Waals surface area contributed by atoms with Crippen molar-refractivity contribution >= 4 is 50.1 Å². The number of hydrogen-bond acceptors (Lipinski definition) is 4. The summed E-state index contributed by atoms with van der Waals surface area (Å²) in [5, 5.41) is 0. The second-order valence-electron chi connectivity index (χ2n) is 2.24. The Kier molecular flexibility index (Phi) is 8.44. The monoisotopic (exact) mass is 280 g/mol. The van der Waals surface area contributed by atoms with Crippen molar-refractivity contribution in [3.05, 3.63) is 30.3 Å². The molecule has 0 aromatic heterocycles. The van der Waals surface area contributed by atoms with E-state index in [4.69, 9.17) is 22.1 Å². The number of rotatable bonds is 1. The molecule has 0 radical (unpaired) electrons. The van der Waals surface area contributed by atoms with Crippen LogP contribution >= 0.6 is 0 Å². The van der Waals surface area contributed by atoms with Gasteiger partial charge >= 0.3 is 40.0 Å². The zero-order chi connectivity index (χ0) is 12.1. The summed E-state index contributed by atoms with van der Waals surface area (Å²) >= 11 is 0. The van der Waals surface area contributed by atoms with E-state index in [0.717, 1.165) is 0 Å². The second kappa shape index (κ2) is 7.35. The minimum atomic E-state index is -4.67. The SMILES string of the molecule is O=S(=O)(O)O.O=S(=O)(O)c1ccccc1.[NaH]. The molecule has 0 unspecified atom stereocenters. The van der Waals surface area contributed by atoms with E-state index in [-0.39, 0.29) is 34.5 Å². The van der Waals surface area contributed by atoms with Crippen molar-refractivity contribution in [2.45, 2.75) is 4.90 Å². The third kappa shape index (κ3) is 12.1. The van der Waals surface area contributed by atoms with Gasteiger partial charge in [-0.2, -0.15) is 16.8 Å². The number of hydrogen-bond donors (Lipinski definition) is 3. The molecule has 1 rings (SSSR count). The van der Waals surface area contributed by atoms with Crippen LogP contribution < -0.4 is 0 Å². The summed E-state index contributed by atoms with van der Waals surface area (Å²) in [6, 6.07) is 7.42. The van der Waals surface area contributed by atoms with Crippen LogP contribution in [-0.4, -0.2) is 60.1 Å². The Balaban J connectivity index is 0. The Bertz CT molecular complexity index is 485. The fourth-order valence-corrected chi connectivity index (χ4v) is 1.09. The molecule has 88 valence electrons. The summed E-state index contributed by atoms with van der Waals surface area (Å²) in [6.07, 6.45) is 0. The summed E-state index contributed by atoms with van der Waals surface area (Å²) in [4.78, 5) is -0.0741. The van der Waals surface area contributed by atoms with Crippen LogP contribution in [0.1, 0.15) is 0 Å². The van der Waals surface area contributed by atoms with Crippen molar-refractivity contribution in [1.29, 1.82) is 0 Å². The average molecular weight is 280 g/mol. The van der Waals surface area contributed by atoms with Crippen LogP contribution in [0, 0.1) is 0 Å². The van der Waals surface area contributed by atoms with Crippen LogP contribution in [0.3, 0.4) is 0 Å². The van der Waals surface area contributed by atoms with E-state index in [1.807, 2.05) is 0 Å². The molecule has 0 saturated heterocycles. The van der Waals surface area contributed by atoms with Crippen molar-refractivity contribution in [1.82, 2.24) is 0 Å². The van der Waals surface area contributed by atoms with Crippen molar-refractivity contribution in [2.75, 3.05) is 0 Å². The molecule has 1 aromatic rings. The van der Waals surface area contributed by atoms with E-state index in [1.165, 1.54) is 12.1 Å². The van der Waals surface area contributed by atoms with E-state index in [9.17, 15) is 8.42 Å². The van der Waals surface area contributed by atoms with Crippen LogP contribution in [-0.2, 0) is 20.5 Å². The topological polar surface area (TPSA) is 129 Å². The standard InChI is InChI=1S/C6H6O3S.Na.H2O4S.H/c7-10(8,9)6-4-2-1-3-5-6;;1-5(2,3)4;/h1-5H,(H,7,8,9);;(H2,1,2,3,4);. The molecule has 0 amide bonds. The first-order valence-electron chi connectivity index (χ1n) is 3.33. The number of benzene rings is 1. The summed E-state index contributed by atoms with van der Waals surface area (Å²) in [7, 11) is -8.67. The maximum atomic E-state index is 10.4. The van der Waals surface area contributed by atoms with Crippen molar-refractivity contribution in [2.24, 2.45) is 0 Å². The Morgan fingerprint density at radius 1 is 0.812 bits per heavy atom. The maximum absolute atomic E-state index is 10.4. The molecule has 0 bridgehead atoms. The third-order valence-corrected chi connectivity index (χ3v) is 1.91. The molecule has 7 nitrogen and oxygen atoms in total. The first kappa shape index (κ1) is 18.4. The van der Waals surface area contributed by atoms with E-state index in [1.54, 1.807) is 18.2 Å². The molecule has 3 N–H and O–H groups in total. The van der Waals surface area contributed by atoms with Gasteiger partial charge in [0.05, 0.1) is 4.90 Å². The molecular weight excluding hydrogens is 271 g/mol. The Hall–Kier alpha value is 0. The summed E-state index contributed by atoms with van der Waals surface area (Å²) < 4.78 is 60.8. The molecule has 0 saturated carbocycles. The zero-order valence-electron chi connectivity index (χ0n) is 7.18. The molecule has 10 heteroatoms. The summed E-state index contributed by atoms with van der Waals surface area (Å²) in [5.74, 6) is 0. The van der Waals surface area contributed by atoms with E-state index < -0.39 is 20.5 Å². The van der Waals surface area contributed by atoms with Gasteiger partial charge in [-0.25, -0.2) is 0 Å². The van der Waals surface area contributed by atoms with Crippen molar-refractivity contribution in [3.63, 3.8) is 0 Å². The first-order chi connectivity index (χ1) is 6.61. The zero-order valence-corrected chi connectivity index (χ0v) is 8.81. The first-order valence-corrected chi connectivity index (χ1v) is 6.17. The predicted octanol–water partition coefficient (Wildman–Crippen LogP) is -0.368. The van der Waals surface area contributed by atoms with Gasteiger partial charge in [-0.3, -0.25) is 13.7 Å².